The molecule has 1 N–H and O–H groups in total. The number of hydrogen-bond donors (Lipinski definition) is 1. The summed E-state index contributed by atoms with van der Waals surface area (Å²) in [4.78, 5) is 40.2. The number of aliphatic carboxylic acids is 1. The lowest BCUT2D eigenvalue weighted by Gasteiger charge is -2.22. The van der Waals surface area contributed by atoms with Crippen molar-refractivity contribution in [3.05, 3.63) is 29.6 Å². The van der Waals surface area contributed by atoms with Crippen molar-refractivity contribution in [3.8, 4) is 0 Å². The van der Waals surface area contributed by atoms with E-state index in [-0.39, 0.29) is 17.5 Å². The predicted molar refractivity (Wildman–Crippen MR) is 65.7 cm³/mol. The van der Waals surface area contributed by atoms with Gasteiger partial charge in [0.1, 0.15) is 6.04 Å². The molecule has 100 valence electrons. The zero-order chi connectivity index (χ0) is 14.0. The summed E-state index contributed by atoms with van der Waals surface area (Å²) >= 11 is 0. The third-order valence-electron chi connectivity index (χ3n) is 3.15. The molecule has 1 atom stereocenters. The highest BCUT2D eigenvalue weighted by molar-refractivity contribution is 6.22. The molecule has 0 spiro atoms. The molecule has 0 aromatic carbocycles. The first kappa shape index (κ1) is 13.2. The number of fused-ring (bicyclic) bond motifs is 1. The second kappa shape index (κ2) is 5.17. The van der Waals surface area contributed by atoms with Gasteiger partial charge in [-0.05, 0) is 12.5 Å². The molecule has 0 bridgehead atoms. The standard InChI is InChI=1S/C13H14N2O4/c1-2-3-4-10(13(18)19)15-11(16)8-5-6-14-7-9(8)12(15)17/h5-7,10H,2-4H2,1H3,(H,18,19). The molecule has 0 fully saturated rings. The number of carboxylic acids is 1. The lowest BCUT2D eigenvalue weighted by Crippen LogP contribution is -2.44. The number of carbonyl (C=O) groups excluding carboxylic acids is 2. The first-order valence-corrected chi connectivity index (χ1v) is 6.12. The summed E-state index contributed by atoms with van der Waals surface area (Å²) < 4.78 is 0. The van der Waals surface area contributed by atoms with Gasteiger partial charge in [0.2, 0.25) is 0 Å². The average Bonchev–Trinajstić information content (AvgIpc) is 2.64. The molecule has 1 unspecified atom stereocenters. The quantitative estimate of drug-likeness (QED) is 0.808. The van der Waals surface area contributed by atoms with E-state index in [1.165, 1.54) is 18.5 Å². The van der Waals surface area contributed by atoms with Crippen molar-refractivity contribution in [2.75, 3.05) is 0 Å². The van der Waals surface area contributed by atoms with Gasteiger partial charge >= 0.3 is 5.97 Å². The maximum atomic E-state index is 12.1. The number of amides is 2. The smallest absolute Gasteiger partial charge is 0.326 e. The van der Waals surface area contributed by atoms with Gasteiger partial charge in [-0.15, -0.1) is 0 Å². The van der Waals surface area contributed by atoms with Crippen molar-refractivity contribution in [2.45, 2.75) is 32.2 Å². The summed E-state index contributed by atoms with van der Waals surface area (Å²) in [5, 5.41) is 9.21. The molecule has 6 heteroatoms. The fraction of sp³-hybridized carbons (Fsp3) is 0.385. The molecule has 1 aliphatic heterocycles. The van der Waals surface area contributed by atoms with Crippen LogP contribution in [0.3, 0.4) is 0 Å². The van der Waals surface area contributed by atoms with Crippen molar-refractivity contribution >= 4 is 17.8 Å². The Morgan fingerprint density at radius 2 is 2.05 bits per heavy atom. The molecule has 0 saturated heterocycles. The van der Waals surface area contributed by atoms with Crippen LogP contribution in [0.25, 0.3) is 0 Å². The van der Waals surface area contributed by atoms with Crippen molar-refractivity contribution in [1.82, 2.24) is 9.88 Å². The Balaban J connectivity index is 2.33. The molecule has 2 heterocycles. The van der Waals surface area contributed by atoms with Gasteiger partial charge in [-0.3, -0.25) is 19.5 Å². The summed E-state index contributed by atoms with van der Waals surface area (Å²) in [5.41, 5.74) is 0.401. The molecule has 2 rings (SSSR count). The Morgan fingerprint density at radius 3 is 2.63 bits per heavy atom. The summed E-state index contributed by atoms with van der Waals surface area (Å²) in [6.07, 6.45) is 4.42. The molecule has 0 saturated carbocycles. The maximum Gasteiger partial charge on any atom is 0.326 e. The third-order valence-corrected chi connectivity index (χ3v) is 3.15. The van der Waals surface area contributed by atoms with Crippen LogP contribution in [-0.2, 0) is 4.79 Å². The highest BCUT2D eigenvalue weighted by atomic mass is 16.4. The van der Waals surface area contributed by atoms with E-state index >= 15 is 0 Å². The Bertz CT molecular complexity index is 506. The summed E-state index contributed by atoms with van der Waals surface area (Å²) in [6, 6.07) is 0.334. The van der Waals surface area contributed by atoms with E-state index in [0.717, 1.165) is 11.3 Å². The van der Waals surface area contributed by atoms with Crippen LogP contribution >= 0.6 is 0 Å². The van der Waals surface area contributed by atoms with Crippen LogP contribution in [0.2, 0.25) is 0 Å². The zero-order valence-electron chi connectivity index (χ0n) is 10.5. The van der Waals surface area contributed by atoms with Gasteiger partial charge in [-0.25, -0.2) is 4.79 Å². The van der Waals surface area contributed by atoms with Crippen LogP contribution in [0.5, 0.6) is 0 Å². The van der Waals surface area contributed by atoms with E-state index in [1.54, 1.807) is 0 Å². The zero-order valence-corrected chi connectivity index (χ0v) is 10.5. The monoisotopic (exact) mass is 262 g/mol. The van der Waals surface area contributed by atoms with Gasteiger partial charge in [0.05, 0.1) is 11.1 Å². The molecule has 1 aromatic heterocycles. The van der Waals surface area contributed by atoms with Gasteiger partial charge in [-0.2, -0.15) is 0 Å². The minimum Gasteiger partial charge on any atom is -0.480 e. The summed E-state index contributed by atoms with van der Waals surface area (Å²) in [5.74, 6) is -2.28. The number of carbonyl (C=O) groups is 3. The predicted octanol–water partition coefficient (Wildman–Crippen LogP) is 1.32. The van der Waals surface area contributed by atoms with Gasteiger partial charge < -0.3 is 5.11 Å². The number of rotatable bonds is 5. The number of aromatic nitrogens is 1. The average molecular weight is 262 g/mol. The Kier molecular flexibility index (Phi) is 3.59. The highest BCUT2D eigenvalue weighted by Gasteiger charge is 2.42. The van der Waals surface area contributed by atoms with Gasteiger partial charge in [0.15, 0.2) is 0 Å². The lowest BCUT2D eigenvalue weighted by atomic mass is 10.1. The first-order valence-electron chi connectivity index (χ1n) is 6.12. The van der Waals surface area contributed by atoms with Crippen molar-refractivity contribution in [1.29, 1.82) is 0 Å². The Labute approximate surface area is 110 Å². The maximum absolute atomic E-state index is 12.1. The van der Waals surface area contributed by atoms with Gasteiger partial charge in [0.25, 0.3) is 11.8 Å². The number of carboxylic acid groups (broad SMARTS) is 1. The molecular weight excluding hydrogens is 248 g/mol. The van der Waals surface area contributed by atoms with Crippen LogP contribution in [0.4, 0.5) is 0 Å². The second-order valence-corrected chi connectivity index (χ2v) is 4.40. The third kappa shape index (κ3) is 2.21. The molecule has 0 aliphatic carbocycles. The SMILES string of the molecule is CCCCC(C(=O)O)N1C(=O)c2ccncc2C1=O. The number of pyridine rings is 1. The molecular formula is C13H14N2O4. The van der Waals surface area contributed by atoms with Crippen LogP contribution in [0.15, 0.2) is 18.5 Å². The molecule has 1 aliphatic rings. The fourth-order valence-electron chi connectivity index (χ4n) is 2.15. The van der Waals surface area contributed by atoms with E-state index in [1.807, 2.05) is 6.92 Å². The number of hydrogen-bond acceptors (Lipinski definition) is 4. The van der Waals surface area contributed by atoms with E-state index in [0.29, 0.717) is 6.42 Å². The Hall–Kier alpha value is -2.24. The minimum atomic E-state index is -1.16. The van der Waals surface area contributed by atoms with Crippen molar-refractivity contribution in [2.24, 2.45) is 0 Å². The van der Waals surface area contributed by atoms with E-state index < -0.39 is 23.8 Å². The van der Waals surface area contributed by atoms with Crippen molar-refractivity contribution in [3.63, 3.8) is 0 Å². The van der Waals surface area contributed by atoms with Crippen LogP contribution in [0.1, 0.15) is 46.9 Å². The van der Waals surface area contributed by atoms with Crippen molar-refractivity contribution < 1.29 is 19.5 Å². The molecule has 1 aromatic rings. The van der Waals surface area contributed by atoms with Crippen LogP contribution < -0.4 is 0 Å². The fourth-order valence-corrected chi connectivity index (χ4v) is 2.15. The normalized spacial score (nSPS) is 15.5. The first-order chi connectivity index (χ1) is 9.07. The van der Waals surface area contributed by atoms with E-state index in [9.17, 15) is 19.5 Å². The van der Waals surface area contributed by atoms with E-state index in [4.69, 9.17) is 0 Å². The molecule has 2 amide bonds. The molecule has 0 radical (unpaired) electrons. The number of unbranched alkanes of at least 4 members (excludes halogenated alkanes) is 1. The van der Waals surface area contributed by atoms with Crippen LogP contribution in [0, 0.1) is 0 Å². The Morgan fingerprint density at radius 1 is 1.37 bits per heavy atom. The summed E-state index contributed by atoms with van der Waals surface area (Å²) in [7, 11) is 0. The highest BCUT2D eigenvalue weighted by Crippen LogP contribution is 2.25. The van der Waals surface area contributed by atoms with Crippen LogP contribution in [-0.4, -0.2) is 38.8 Å². The summed E-state index contributed by atoms with van der Waals surface area (Å²) in [6.45, 7) is 1.92. The number of imide groups is 1. The van der Waals surface area contributed by atoms with E-state index in [2.05, 4.69) is 4.98 Å². The minimum absolute atomic E-state index is 0.176. The topological polar surface area (TPSA) is 87.6 Å². The molecule has 6 nitrogen and oxygen atoms in total. The molecule has 19 heavy (non-hydrogen) atoms. The lowest BCUT2D eigenvalue weighted by molar-refractivity contribution is -0.141. The number of nitrogens with zero attached hydrogens (tertiary/aromatic N) is 2. The largest absolute Gasteiger partial charge is 0.480 e. The van der Waals surface area contributed by atoms with Gasteiger partial charge in [-0.1, -0.05) is 19.8 Å². The second-order valence-electron chi connectivity index (χ2n) is 4.40. The van der Waals surface area contributed by atoms with Gasteiger partial charge in [0, 0.05) is 12.4 Å².